The summed E-state index contributed by atoms with van der Waals surface area (Å²) in [7, 11) is 0. The quantitative estimate of drug-likeness (QED) is 0.488. The monoisotopic (exact) mass is 168 g/mol. The lowest BCUT2D eigenvalue weighted by Crippen LogP contribution is -1.81. The molecule has 0 aliphatic rings. The Labute approximate surface area is 71.1 Å². The minimum Gasteiger partial charge on any atom is -0.303 e. The van der Waals surface area contributed by atoms with Crippen LogP contribution in [0, 0.1) is 0 Å². The van der Waals surface area contributed by atoms with Crippen LogP contribution in [-0.2, 0) is 11.2 Å². The molecule has 60 valence electrons. The van der Waals surface area contributed by atoms with Crippen molar-refractivity contribution in [1.29, 1.82) is 0 Å². The molecule has 0 aromatic carbocycles. The van der Waals surface area contributed by atoms with Gasteiger partial charge in [-0.15, -0.1) is 11.3 Å². The maximum absolute atomic E-state index is 9.97. The van der Waals surface area contributed by atoms with E-state index in [1.54, 1.807) is 11.3 Å². The molecule has 0 bridgehead atoms. The van der Waals surface area contributed by atoms with Gasteiger partial charge in [-0.05, 0) is 30.7 Å². The Morgan fingerprint density at radius 1 is 1.45 bits per heavy atom. The number of hydrogen-bond acceptors (Lipinski definition) is 2. The average molecular weight is 168 g/mol. The zero-order valence-electron chi connectivity index (χ0n) is 6.45. The van der Waals surface area contributed by atoms with Crippen molar-refractivity contribution in [3.63, 3.8) is 0 Å². The van der Waals surface area contributed by atoms with Crippen molar-refractivity contribution < 1.29 is 4.79 Å². The van der Waals surface area contributed by atoms with Crippen LogP contribution in [0.5, 0.6) is 0 Å². The predicted molar refractivity (Wildman–Crippen MR) is 47.9 cm³/mol. The summed E-state index contributed by atoms with van der Waals surface area (Å²) in [5.41, 5.74) is 0. The van der Waals surface area contributed by atoms with E-state index in [4.69, 9.17) is 0 Å². The third-order valence-corrected chi connectivity index (χ3v) is 2.51. The van der Waals surface area contributed by atoms with Crippen LogP contribution < -0.4 is 0 Å². The van der Waals surface area contributed by atoms with Crippen molar-refractivity contribution in [2.24, 2.45) is 0 Å². The van der Waals surface area contributed by atoms with Gasteiger partial charge in [-0.25, -0.2) is 0 Å². The van der Waals surface area contributed by atoms with E-state index in [1.807, 2.05) is 0 Å². The molecule has 0 spiro atoms. The molecule has 0 radical (unpaired) electrons. The van der Waals surface area contributed by atoms with Crippen LogP contribution in [0.2, 0.25) is 0 Å². The van der Waals surface area contributed by atoms with E-state index in [1.165, 1.54) is 4.88 Å². The molecule has 0 saturated carbocycles. The van der Waals surface area contributed by atoms with E-state index >= 15 is 0 Å². The molecule has 0 aliphatic heterocycles. The molecule has 0 fully saturated rings. The summed E-state index contributed by atoms with van der Waals surface area (Å²) in [4.78, 5) is 11.4. The summed E-state index contributed by atoms with van der Waals surface area (Å²) in [6.45, 7) is 0. The van der Waals surface area contributed by atoms with Crippen molar-refractivity contribution in [2.45, 2.75) is 25.7 Å². The number of thiophene rings is 1. The van der Waals surface area contributed by atoms with E-state index in [-0.39, 0.29) is 0 Å². The van der Waals surface area contributed by atoms with Gasteiger partial charge in [0.05, 0.1) is 0 Å². The summed E-state index contributed by atoms with van der Waals surface area (Å²) in [6.07, 6.45) is 5.01. The number of aldehydes is 1. The number of carbonyl (C=O) groups is 1. The van der Waals surface area contributed by atoms with Gasteiger partial charge in [0.2, 0.25) is 0 Å². The zero-order chi connectivity index (χ0) is 7.94. The lowest BCUT2D eigenvalue weighted by Gasteiger charge is -1.93. The summed E-state index contributed by atoms with van der Waals surface area (Å²) in [6, 6.07) is 4.21. The van der Waals surface area contributed by atoms with E-state index < -0.39 is 0 Å². The first kappa shape index (κ1) is 8.47. The SMILES string of the molecule is O=CCCCCc1cccs1. The van der Waals surface area contributed by atoms with Gasteiger partial charge in [-0.3, -0.25) is 0 Å². The summed E-state index contributed by atoms with van der Waals surface area (Å²) in [5, 5.41) is 2.09. The van der Waals surface area contributed by atoms with Crippen molar-refractivity contribution in [1.82, 2.24) is 0 Å². The largest absolute Gasteiger partial charge is 0.303 e. The van der Waals surface area contributed by atoms with Crippen LogP contribution in [0.1, 0.15) is 24.1 Å². The highest BCUT2D eigenvalue weighted by Gasteiger charge is 1.92. The third-order valence-electron chi connectivity index (χ3n) is 1.58. The smallest absolute Gasteiger partial charge is 0.119 e. The number of aryl methyl sites for hydroxylation is 1. The molecule has 1 rings (SSSR count). The minimum absolute atomic E-state index is 0.714. The van der Waals surface area contributed by atoms with E-state index in [2.05, 4.69) is 17.5 Å². The van der Waals surface area contributed by atoms with Gasteiger partial charge in [0, 0.05) is 11.3 Å². The van der Waals surface area contributed by atoms with E-state index in [0.29, 0.717) is 6.42 Å². The fourth-order valence-corrected chi connectivity index (χ4v) is 1.73. The maximum Gasteiger partial charge on any atom is 0.119 e. The molecule has 0 aliphatic carbocycles. The lowest BCUT2D eigenvalue weighted by atomic mass is 10.2. The normalized spacial score (nSPS) is 9.82. The standard InChI is InChI=1S/C9H12OS/c10-7-3-1-2-5-9-6-4-8-11-9/h4,6-8H,1-3,5H2. The number of rotatable bonds is 5. The second-order valence-corrected chi connectivity index (χ2v) is 3.52. The van der Waals surface area contributed by atoms with Gasteiger partial charge < -0.3 is 4.79 Å². The molecule has 0 unspecified atom stereocenters. The molecule has 0 N–H and O–H groups in total. The first-order chi connectivity index (χ1) is 5.43. The Morgan fingerprint density at radius 2 is 2.36 bits per heavy atom. The van der Waals surface area contributed by atoms with Gasteiger partial charge in [0.1, 0.15) is 6.29 Å². The Balaban J connectivity index is 2.09. The fourth-order valence-electron chi connectivity index (χ4n) is 0.982. The first-order valence-corrected chi connectivity index (χ1v) is 4.77. The molecular weight excluding hydrogens is 156 g/mol. The van der Waals surface area contributed by atoms with Crippen LogP contribution in [0.4, 0.5) is 0 Å². The van der Waals surface area contributed by atoms with Crippen LogP contribution >= 0.6 is 11.3 Å². The van der Waals surface area contributed by atoms with Crippen LogP contribution in [-0.4, -0.2) is 6.29 Å². The average Bonchev–Trinajstić information content (AvgIpc) is 2.50. The predicted octanol–water partition coefficient (Wildman–Crippen LogP) is 2.66. The van der Waals surface area contributed by atoms with Crippen molar-refractivity contribution in [3.05, 3.63) is 22.4 Å². The number of unbranched alkanes of at least 4 members (excludes halogenated alkanes) is 2. The second kappa shape index (κ2) is 5.08. The summed E-state index contributed by atoms with van der Waals surface area (Å²) in [5.74, 6) is 0. The molecule has 0 atom stereocenters. The van der Waals surface area contributed by atoms with Crippen LogP contribution in [0.15, 0.2) is 17.5 Å². The summed E-state index contributed by atoms with van der Waals surface area (Å²) >= 11 is 1.79. The molecule has 2 heteroatoms. The highest BCUT2D eigenvalue weighted by molar-refractivity contribution is 7.09. The van der Waals surface area contributed by atoms with E-state index in [9.17, 15) is 4.79 Å². The van der Waals surface area contributed by atoms with Crippen LogP contribution in [0.25, 0.3) is 0 Å². The molecule has 1 heterocycles. The Kier molecular flexibility index (Phi) is 3.91. The molecule has 1 nitrogen and oxygen atoms in total. The topological polar surface area (TPSA) is 17.1 Å². The first-order valence-electron chi connectivity index (χ1n) is 3.89. The maximum atomic E-state index is 9.97. The zero-order valence-corrected chi connectivity index (χ0v) is 7.27. The van der Waals surface area contributed by atoms with Gasteiger partial charge >= 0.3 is 0 Å². The highest BCUT2D eigenvalue weighted by Crippen LogP contribution is 2.11. The van der Waals surface area contributed by atoms with Crippen molar-refractivity contribution >= 4 is 17.6 Å². The molecule has 0 amide bonds. The second-order valence-electron chi connectivity index (χ2n) is 2.49. The number of hydrogen-bond donors (Lipinski definition) is 0. The highest BCUT2D eigenvalue weighted by atomic mass is 32.1. The molecule has 11 heavy (non-hydrogen) atoms. The minimum atomic E-state index is 0.714. The Morgan fingerprint density at radius 3 is 3.00 bits per heavy atom. The molecule has 1 aromatic heterocycles. The van der Waals surface area contributed by atoms with Gasteiger partial charge in [0.25, 0.3) is 0 Å². The fraction of sp³-hybridized carbons (Fsp3) is 0.444. The molecule has 1 aromatic rings. The van der Waals surface area contributed by atoms with Crippen molar-refractivity contribution in [2.75, 3.05) is 0 Å². The third kappa shape index (κ3) is 3.33. The van der Waals surface area contributed by atoms with Crippen LogP contribution in [0.3, 0.4) is 0 Å². The van der Waals surface area contributed by atoms with Gasteiger partial charge in [0.15, 0.2) is 0 Å². The molecular formula is C9H12OS. The molecule has 0 saturated heterocycles. The Bertz CT molecular complexity index is 191. The Hall–Kier alpha value is -0.630. The van der Waals surface area contributed by atoms with E-state index in [0.717, 1.165) is 25.5 Å². The van der Waals surface area contributed by atoms with Gasteiger partial charge in [-0.2, -0.15) is 0 Å². The summed E-state index contributed by atoms with van der Waals surface area (Å²) < 4.78 is 0. The lowest BCUT2D eigenvalue weighted by molar-refractivity contribution is -0.107. The van der Waals surface area contributed by atoms with Gasteiger partial charge in [-0.1, -0.05) is 6.07 Å². The number of carbonyl (C=O) groups excluding carboxylic acids is 1. The van der Waals surface area contributed by atoms with Crippen molar-refractivity contribution in [3.8, 4) is 0 Å².